The summed E-state index contributed by atoms with van der Waals surface area (Å²) >= 11 is 3.57. The van der Waals surface area contributed by atoms with Gasteiger partial charge in [-0.3, -0.25) is 0 Å². The van der Waals surface area contributed by atoms with Crippen molar-refractivity contribution in [3.63, 3.8) is 0 Å². The van der Waals surface area contributed by atoms with Crippen LogP contribution >= 0.6 is 15.9 Å². The summed E-state index contributed by atoms with van der Waals surface area (Å²) in [5.41, 5.74) is 7.06. The van der Waals surface area contributed by atoms with Crippen LogP contribution < -0.4 is 5.32 Å². The summed E-state index contributed by atoms with van der Waals surface area (Å²) in [6.07, 6.45) is 1.01. The molecule has 4 rings (SSSR count). The first-order chi connectivity index (χ1) is 11.1. The van der Waals surface area contributed by atoms with Gasteiger partial charge in [-0.25, -0.2) is 0 Å². The Morgan fingerprint density at radius 1 is 1.17 bits per heavy atom. The fourth-order valence-electron chi connectivity index (χ4n) is 3.20. The minimum Gasteiger partial charge on any atom is -0.464 e. The fraction of sp³-hybridized carbons (Fsp3) is 0.158. The van der Waals surface area contributed by atoms with Crippen LogP contribution in [0.15, 0.2) is 51.6 Å². The first-order valence-electron chi connectivity index (χ1n) is 7.49. The lowest BCUT2D eigenvalue weighted by atomic mass is 9.90. The molecule has 1 aliphatic rings. The van der Waals surface area contributed by atoms with Gasteiger partial charge in [-0.2, -0.15) is 0 Å². The van der Waals surface area contributed by atoms with Gasteiger partial charge in [0.15, 0.2) is 6.23 Å². The van der Waals surface area contributed by atoms with E-state index in [1.807, 2.05) is 32.0 Å². The van der Waals surface area contributed by atoms with Crippen molar-refractivity contribution in [2.24, 2.45) is 0 Å². The maximum absolute atomic E-state index is 10.4. The van der Waals surface area contributed by atoms with Crippen LogP contribution in [0.4, 0.5) is 5.69 Å². The van der Waals surface area contributed by atoms with Gasteiger partial charge in [0.1, 0.15) is 5.58 Å². The van der Waals surface area contributed by atoms with Crippen molar-refractivity contribution in [2.75, 3.05) is 5.32 Å². The molecule has 0 radical (unpaired) electrons. The van der Waals surface area contributed by atoms with E-state index in [1.165, 1.54) is 0 Å². The molecule has 2 heterocycles. The molecule has 0 saturated heterocycles. The second-order valence-electron chi connectivity index (χ2n) is 5.86. The molecule has 1 aliphatic heterocycles. The molecular weight excluding hydrogens is 354 g/mol. The molecule has 116 valence electrons. The topological polar surface area (TPSA) is 45.4 Å². The molecule has 0 bridgehead atoms. The van der Waals surface area contributed by atoms with Crippen LogP contribution in [0.2, 0.25) is 0 Å². The summed E-state index contributed by atoms with van der Waals surface area (Å²) in [6.45, 7) is 4.06. The van der Waals surface area contributed by atoms with Crippen LogP contribution in [0, 0.1) is 13.8 Å². The van der Waals surface area contributed by atoms with E-state index in [9.17, 15) is 5.11 Å². The van der Waals surface area contributed by atoms with Gasteiger partial charge < -0.3 is 14.8 Å². The first kappa shape index (κ1) is 14.5. The largest absolute Gasteiger partial charge is 0.464 e. The number of fused-ring (bicyclic) bond motifs is 2. The number of halogens is 1. The zero-order chi connectivity index (χ0) is 16.1. The Bertz CT molecular complexity index is 941. The molecule has 0 amide bonds. The lowest BCUT2D eigenvalue weighted by Crippen LogP contribution is -2.25. The highest BCUT2D eigenvalue weighted by molar-refractivity contribution is 9.11. The van der Waals surface area contributed by atoms with Crippen LogP contribution in [-0.4, -0.2) is 11.3 Å². The Kier molecular flexibility index (Phi) is 3.32. The van der Waals surface area contributed by atoms with Gasteiger partial charge in [-0.05, 0) is 31.0 Å². The van der Waals surface area contributed by atoms with Gasteiger partial charge in [0, 0.05) is 22.1 Å². The summed E-state index contributed by atoms with van der Waals surface area (Å²) < 4.78 is 6.45. The highest BCUT2D eigenvalue weighted by Crippen LogP contribution is 2.44. The van der Waals surface area contributed by atoms with Gasteiger partial charge in [-0.1, -0.05) is 46.3 Å². The molecule has 3 aromatic rings. The summed E-state index contributed by atoms with van der Waals surface area (Å²) in [5.74, 6) is 0. The number of aliphatic hydroxyl groups is 1. The maximum Gasteiger partial charge on any atom is 0.158 e. The lowest BCUT2D eigenvalue weighted by molar-refractivity contribution is 0.249. The predicted octanol–water partition coefficient (Wildman–Crippen LogP) is 4.95. The van der Waals surface area contributed by atoms with E-state index >= 15 is 0 Å². The molecule has 4 heteroatoms. The predicted molar refractivity (Wildman–Crippen MR) is 96.7 cm³/mol. The van der Waals surface area contributed by atoms with E-state index in [0.717, 1.165) is 49.0 Å². The Morgan fingerprint density at radius 2 is 1.91 bits per heavy atom. The molecule has 1 unspecified atom stereocenters. The first-order valence-corrected chi connectivity index (χ1v) is 8.28. The third-order valence-corrected chi connectivity index (χ3v) is 5.22. The number of furan rings is 1. The van der Waals surface area contributed by atoms with Crippen LogP contribution in [0.1, 0.15) is 22.3 Å². The second kappa shape index (κ2) is 5.25. The molecule has 2 aromatic carbocycles. The zero-order valence-corrected chi connectivity index (χ0v) is 14.4. The monoisotopic (exact) mass is 369 g/mol. The number of benzene rings is 2. The fourth-order valence-corrected chi connectivity index (χ4v) is 3.76. The van der Waals surface area contributed by atoms with Crippen molar-refractivity contribution in [2.45, 2.75) is 20.1 Å². The molecule has 1 aromatic heterocycles. The van der Waals surface area contributed by atoms with E-state index < -0.39 is 6.23 Å². The highest BCUT2D eigenvalue weighted by atomic mass is 79.9. The third kappa shape index (κ3) is 2.13. The van der Waals surface area contributed by atoms with Gasteiger partial charge in [-0.15, -0.1) is 0 Å². The molecule has 1 atom stereocenters. The minimum atomic E-state index is -0.773. The smallest absolute Gasteiger partial charge is 0.158 e. The standard InChI is InChI=1S/C19H16BrNO2/c1-10-9-23-18-11(2)17-14(8-13(10)18)15(16(20)19(22)21-17)12-6-4-3-5-7-12/h3-9,19,21-22H,1-2H3. The number of anilines is 1. The van der Waals surface area contributed by atoms with Crippen LogP contribution in [0.5, 0.6) is 0 Å². The highest BCUT2D eigenvalue weighted by Gasteiger charge is 2.28. The number of nitrogens with one attached hydrogen (secondary N) is 1. The third-order valence-electron chi connectivity index (χ3n) is 4.39. The van der Waals surface area contributed by atoms with E-state index in [0.29, 0.717) is 0 Å². The van der Waals surface area contributed by atoms with Crippen LogP contribution in [-0.2, 0) is 0 Å². The molecule has 0 fully saturated rings. The van der Waals surface area contributed by atoms with Crippen molar-refractivity contribution >= 4 is 38.2 Å². The van der Waals surface area contributed by atoms with E-state index in [2.05, 4.69) is 39.4 Å². The number of aryl methyl sites for hydroxylation is 2. The van der Waals surface area contributed by atoms with E-state index in [-0.39, 0.29) is 0 Å². The number of rotatable bonds is 1. The number of aliphatic hydroxyl groups excluding tert-OH is 1. The van der Waals surface area contributed by atoms with Crippen molar-refractivity contribution in [3.8, 4) is 0 Å². The zero-order valence-electron chi connectivity index (χ0n) is 12.9. The molecule has 0 saturated carbocycles. The molecular formula is C19H16BrNO2. The van der Waals surface area contributed by atoms with E-state index in [4.69, 9.17) is 4.42 Å². The van der Waals surface area contributed by atoms with E-state index in [1.54, 1.807) is 6.26 Å². The van der Waals surface area contributed by atoms with Gasteiger partial charge in [0.05, 0.1) is 16.4 Å². The normalized spacial score (nSPS) is 17.3. The molecule has 0 spiro atoms. The summed E-state index contributed by atoms with van der Waals surface area (Å²) in [5, 5.41) is 14.7. The van der Waals surface area contributed by atoms with Crippen LogP contribution in [0.3, 0.4) is 0 Å². The minimum absolute atomic E-state index is 0.746. The SMILES string of the molecule is Cc1coc2c(C)c3c(cc12)C(c1ccccc1)=C(Br)C(O)N3. The average Bonchev–Trinajstić information content (AvgIpc) is 2.92. The molecule has 0 aliphatic carbocycles. The van der Waals surface area contributed by atoms with Gasteiger partial charge in [0.25, 0.3) is 0 Å². The van der Waals surface area contributed by atoms with Gasteiger partial charge >= 0.3 is 0 Å². The van der Waals surface area contributed by atoms with Crippen molar-refractivity contribution in [1.29, 1.82) is 0 Å². The Labute approximate surface area is 142 Å². The average molecular weight is 370 g/mol. The molecule has 23 heavy (non-hydrogen) atoms. The van der Waals surface area contributed by atoms with Gasteiger partial charge in [0.2, 0.25) is 0 Å². The Morgan fingerprint density at radius 3 is 2.65 bits per heavy atom. The number of hydrogen-bond donors (Lipinski definition) is 2. The van der Waals surface area contributed by atoms with Crippen molar-refractivity contribution in [1.82, 2.24) is 0 Å². The van der Waals surface area contributed by atoms with Crippen molar-refractivity contribution < 1.29 is 9.52 Å². The second-order valence-corrected chi connectivity index (χ2v) is 6.71. The summed E-state index contributed by atoms with van der Waals surface area (Å²) in [4.78, 5) is 0. The summed E-state index contributed by atoms with van der Waals surface area (Å²) in [7, 11) is 0. The van der Waals surface area contributed by atoms with Crippen LogP contribution in [0.25, 0.3) is 16.5 Å². The Hall–Kier alpha value is -2.04. The number of hydrogen-bond acceptors (Lipinski definition) is 3. The summed E-state index contributed by atoms with van der Waals surface area (Å²) in [6, 6.07) is 12.3. The van der Waals surface area contributed by atoms with Crippen molar-refractivity contribution in [3.05, 3.63) is 69.4 Å². The maximum atomic E-state index is 10.4. The molecule has 2 N–H and O–H groups in total. The molecule has 3 nitrogen and oxygen atoms in total. The Balaban J connectivity index is 2.08. The quantitative estimate of drug-likeness (QED) is 0.637. The lowest BCUT2D eigenvalue weighted by Gasteiger charge is -2.28.